The van der Waals surface area contributed by atoms with Crippen molar-refractivity contribution in [2.75, 3.05) is 25.1 Å². The van der Waals surface area contributed by atoms with Crippen molar-refractivity contribution in [2.24, 2.45) is 5.10 Å². The number of hydrogen-bond acceptors (Lipinski definition) is 6. The van der Waals surface area contributed by atoms with E-state index in [1.54, 1.807) is 48.5 Å². The molecule has 0 spiro atoms. The van der Waals surface area contributed by atoms with E-state index in [-0.39, 0.29) is 18.6 Å². The molecule has 0 aromatic heterocycles. The molecule has 168 valence electrons. The molecule has 1 saturated heterocycles. The lowest BCUT2D eigenvalue weighted by Gasteiger charge is -2.11. The van der Waals surface area contributed by atoms with E-state index < -0.39 is 11.8 Å². The van der Waals surface area contributed by atoms with Crippen molar-refractivity contribution >= 4 is 45.6 Å². The predicted octanol–water partition coefficient (Wildman–Crippen LogP) is 2.21. The number of anilines is 1. The van der Waals surface area contributed by atoms with Crippen molar-refractivity contribution in [2.45, 2.75) is 18.9 Å². The molecule has 9 nitrogen and oxygen atoms in total. The van der Waals surface area contributed by atoms with E-state index in [2.05, 4.69) is 37.1 Å². The third-order valence-corrected chi connectivity index (χ3v) is 5.20. The maximum atomic E-state index is 11.9. The molecule has 0 aliphatic carbocycles. The number of hydrazone groups is 1. The molecule has 2 aromatic carbocycles. The standard InChI is InChI=1S/C22H23BrN4O5/c23-18-5-1-2-6-19(18)26-21(29)22(30)27-25-12-15-7-9-16(10-8-15)32-14-20(28)24-13-17-4-3-11-31-17/h1-2,5-10,12,17H,3-4,11,13-14H2,(H,24,28)(H,26,29)(H,27,30)/b25-12-/t17-/m1/s1. The number of nitrogens with one attached hydrogen (secondary N) is 3. The van der Waals surface area contributed by atoms with Gasteiger partial charge in [-0.05, 0) is 70.7 Å². The van der Waals surface area contributed by atoms with Gasteiger partial charge in [0.05, 0.1) is 18.0 Å². The fourth-order valence-electron chi connectivity index (χ4n) is 2.84. The largest absolute Gasteiger partial charge is 0.484 e. The van der Waals surface area contributed by atoms with Gasteiger partial charge in [-0.15, -0.1) is 0 Å². The molecule has 1 fully saturated rings. The van der Waals surface area contributed by atoms with Gasteiger partial charge in [0.1, 0.15) is 5.75 Å². The Morgan fingerprint density at radius 3 is 2.62 bits per heavy atom. The molecular formula is C22H23BrN4O5. The Kier molecular flexibility index (Phi) is 8.76. The van der Waals surface area contributed by atoms with E-state index in [1.807, 2.05) is 0 Å². The van der Waals surface area contributed by atoms with Gasteiger partial charge >= 0.3 is 11.8 Å². The minimum atomic E-state index is -0.897. The minimum Gasteiger partial charge on any atom is -0.484 e. The average Bonchev–Trinajstić information content (AvgIpc) is 3.32. The first-order chi connectivity index (χ1) is 15.5. The number of carbonyl (C=O) groups excluding carboxylic acids is 3. The Bertz CT molecular complexity index is 975. The van der Waals surface area contributed by atoms with Crippen molar-refractivity contribution in [3.05, 3.63) is 58.6 Å². The number of nitrogens with zero attached hydrogens (tertiary/aromatic N) is 1. The fraction of sp³-hybridized carbons (Fsp3) is 0.273. The summed E-state index contributed by atoms with van der Waals surface area (Å²) >= 11 is 3.29. The van der Waals surface area contributed by atoms with Gasteiger partial charge in [-0.1, -0.05) is 12.1 Å². The van der Waals surface area contributed by atoms with Crippen LogP contribution in [-0.2, 0) is 19.1 Å². The summed E-state index contributed by atoms with van der Waals surface area (Å²) in [6.07, 6.45) is 3.46. The molecule has 32 heavy (non-hydrogen) atoms. The molecule has 0 radical (unpaired) electrons. The van der Waals surface area contributed by atoms with Crippen LogP contribution in [0.3, 0.4) is 0 Å². The number of ether oxygens (including phenoxy) is 2. The van der Waals surface area contributed by atoms with Crippen LogP contribution < -0.4 is 20.8 Å². The van der Waals surface area contributed by atoms with Gasteiger partial charge in [0.15, 0.2) is 6.61 Å². The summed E-state index contributed by atoms with van der Waals surface area (Å²) in [4.78, 5) is 35.6. The molecule has 1 aliphatic rings. The van der Waals surface area contributed by atoms with Crippen LogP contribution in [0.25, 0.3) is 0 Å². The van der Waals surface area contributed by atoms with Gasteiger partial charge in [-0.3, -0.25) is 14.4 Å². The van der Waals surface area contributed by atoms with Crippen LogP contribution in [0.4, 0.5) is 5.69 Å². The molecular weight excluding hydrogens is 480 g/mol. The van der Waals surface area contributed by atoms with Gasteiger partial charge in [0.2, 0.25) is 0 Å². The Labute approximate surface area is 193 Å². The summed E-state index contributed by atoms with van der Waals surface area (Å²) in [6, 6.07) is 13.7. The number of amides is 3. The summed E-state index contributed by atoms with van der Waals surface area (Å²) in [5, 5.41) is 9.05. The molecule has 2 aromatic rings. The highest BCUT2D eigenvalue weighted by Gasteiger charge is 2.16. The quantitative estimate of drug-likeness (QED) is 0.290. The predicted molar refractivity (Wildman–Crippen MR) is 122 cm³/mol. The first kappa shape index (κ1) is 23.4. The van der Waals surface area contributed by atoms with Crippen molar-refractivity contribution in [1.82, 2.24) is 10.7 Å². The van der Waals surface area contributed by atoms with E-state index in [4.69, 9.17) is 9.47 Å². The van der Waals surface area contributed by atoms with E-state index in [1.165, 1.54) is 6.21 Å². The van der Waals surface area contributed by atoms with Crippen molar-refractivity contribution < 1.29 is 23.9 Å². The van der Waals surface area contributed by atoms with Gasteiger partial charge in [0.25, 0.3) is 5.91 Å². The molecule has 0 bridgehead atoms. The first-order valence-corrected chi connectivity index (χ1v) is 10.8. The maximum absolute atomic E-state index is 11.9. The van der Waals surface area contributed by atoms with E-state index in [9.17, 15) is 14.4 Å². The summed E-state index contributed by atoms with van der Waals surface area (Å²) in [5.74, 6) is -1.43. The molecule has 1 atom stereocenters. The molecule has 0 unspecified atom stereocenters. The van der Waals surface area contributed by atoms with Gasteiger partial charge < -0.3 is 20.1 Å². The van der Waals surface area contributed by atoms with Gasteiger partial charge in [-0.2, -0.15) is 5.10 Å². The highest BCUT2D eigenvalue weighted by molar-refractivity contribution is 9.10. The van der Waals surface area contributed by atoms with E-state index >= 15 is 0 Å². The van der Waals surface area contributed by atoms with Gasteiger partial charge in [-0.25, -0.2) is 5.43 Å². The maximum Gasteiger partial charge on any atom is 0.329 e. The Hall–Kier alpha value is -3.24. The normalized spacial score (nSPS) is 15.3. The number of carbonyl (C=O) groups is 3. The Morgan fingerprint density at radius 1 is 1.12 bits per heavy atom. The number of para-hydroxylation sites is 1. The number of halogens is 1. The van der Waals surface area contributed by atoms with Crippen molar-refractivity contribution in [1.29, 1.82) is 0 Å². The Balaban J connectivity index is 1.38. The average molecular weight is 503 g/mol. The third kappa shape index (κ3) is 7.47. The van der Waals surface area contributed by atoms with Crippen molar-refractivity contribution in [3.8, 4) is 5.75 Å². The van der Waals surface area contributed by atoms with Crippen molar-refractivity contribution in [3.63, 3.8) is 0 Å². The van der Waals surface area contributed by atoms with Crippen LogP contribution in [-0.4, -0.2) is 49.8 Å². The van der Waals surface area contributed by atoms with Crippen LogP contribution in [0.5, 0.6) is 5.75 Å². The lowest BCUT2D eigenvalue weighted by Crippen LogP contribution is -2.35. The van der Waals surface area contributed by atoms with Crippen LogP contribution in [0.2, 0.25) is 0 Å². The number of rotatable bonds is 8. The highest BCUT2D eigenvalue weighted by Crippen LogP contribution is 2.20. The zero-order valence-corrected chi connectivity index (χ0v) is 18.8. The topological polar surface area (TPSA) is 118 Å². The number of benzene rings is 2. The first-order valence-electron chi connectivity index (χ1n) is 10.0. The van der Waals surface area contributed by atoms with Crippen LogP contribution >= 0.6 is 15.9 Å². The summed E-state index contributed by atoms with van der Waals surface area (Å²) in [6.45, 7) is 1.14. The smallest absolute Gasteiger partial charge is 0.329 e. The van der Waals surface area contributed by atoms with Gasteiger partial charge in [0, 0.05) is 17.6 Å². The van der Waals surface area contributed by atoms with Crippen LogP contribution in [0.1, 0.15) is 18.4 Å². The van der Waals surface area contributed by atoms with Crippen LogP contribution in [0, 0.1) is 0 Å². The monoisotopic (exact) mass is 502 g/mol. The summed E-state index contributed by atoms with van der Waals surface area (Å²) < 4.78 is 11.6. The SMILES string of the molecule is O=C(COc1ccc(/C=N\NC(=O)C(=O)Nc2ccccc2Br)cc1)NC[C@H]1CCCO1. The second-order valence-corrected chi connectivity index (χ2v) is 7.78. The second-order valence-electron chi connectivity index (χ2n) is 6.93. The zero-order valence-electron chi connectivity index (χ0n) is 17.2. The summed E-state index contributed by atoms with van der Waals surface area (Å²) in [5.41, 5.74) is 3.32. The number of hydrogen-bond donors (Lipinski definition) is 3. The molecule has 0 saturated carbocycles. The second kappa shape index (κ2) is 12.0. The summed E-state index contributed by atoms with van der Waals surface area (Å²) in [7, 11) is 0. The fourth-order valence-corrected chi connectivity index (χ4v) is 3.22. The minimum absolute atomic E-state index is 0.0873. The van der Waals surface area contributed by atoms with Crippen LogP contribution in [0.15, 0.2) is 58.1 Å². The third-order valence-electron chi connectivity index (χ3n) is 4.51. The lowest BCUT2D eigenvalue weighted by molar-refractivity contribution is -0.136. The molecule has 10 heteroatoms. The Morgan fingerprint density at radius 2 is 1.91 bits per heavy atom. The van der Waals surface area contributed by atoms with E-state index in [0.717, 1.165) is 19.4 Å². The molecule has 3 rings (SSSR count). The van der Waals surface area contributed by atoms with E-state index in [0.29, 0.717) is 28.0 Å². The molecule has 3 N–H and O–H groups in total. The zero-order chi connectivity index (χ0) is 22.8. The highest BCUT2D eigenvalue weighted by atomic mass is 79.9. The molecule has 1 aliphatic heterocycles. The lowest BCUT2D eigenvalue weighted by atomic mass is 10.2. The molecule has 1 heterocycles. The molecule has 3 amide bonds.